The Morgan fingerprint density at radius 3 is 1.65 bits per heavy atom. The Bertz CT molecular complexity index is 818. The highest BCUT2D eigenvalue weighted by Crippen LogP contribution is 2.23. The maximum atomic E-state index is 2.44. The fourth-order valence-corrected chi connectivity index (χ4v) is 5.18. The Balaban J connectivity index is 1.82. The van der Waals surface area contributed by atoms with E-state index in [4.69, 9.17) is 0 Å². The zero-order valence-electron chi connectivity index (χ0n) is 15.6. The Labute approximate surface area is 158 Å². The van der Waals surface area contributed by atoms with Crippen molar-refractivity contribution in [3.63, 3.8) is 0 Å². The highest BCUT2D eigenvalue weighted by atomic mass is 28.3. The van der Waals surface area contributed by atoms with Crippen molar-refractivity contribution < 1.29 is 0 Å². The molecule has 0 amide bonds. The molecule has 0 aliphatic heterocycles. The second kappa shape index (κ2) is 8.64. The van der Waals surface area contributed by atoms with Crippen LogP contribution in [0.5, 0.6) is 0 Å². The first-order valence-corrected chi connectivity index (χ1v) is 12.4. The molecule has 0 bridgehead atoms. The van der Waals surface area contributed by atoms with Gasteiger partial charge in [-0.3, -0.25) is 0 Å². The van der Waals surface area contributed by atoms with Gasteiger partial charge in [-0.2, -0.15) is 0 Å². The van der Waals surface area contributed by atoms with Crippen LogP contribution in [-0.2, 0) is 0 Å². The monoisotopic (exact) mass is 354 g/mol. The molecule has 0 fully saturated rings. The highest BCUT2D eigenvalue weighted by Gasteiger charge is 2.20. The van der Waals surface area contributed by atoms with Gasteiger partial charge in [-0.05, 0) is 22.7 Å². The first-order valence-electron chi connectivity index (χ1n) is 9.20. The molecule has 0 saturated heterocycles. The van der Waals surface area contributed by atoms with Crippen molar-refractivity contribution in [2.75, 3.05) is 0 Å². The summed E-state index contributed by atoms with van der Waals surface area (Å²) in [6.45, 7) is 4.87. The van der Waals surface area contributed by atoms with Gasteiger partial charge in [0.1, 0.15) is 0 Å². The van der Waals surface area contributed by atoms with E-state index in [1.165, 1.54) is 21.9 Å². The molecule has 0 spiro atoms. The zero-order chi connectivity index (χ0) is 18.2. The summed E-state index contributed by atoms with van der Waals surface area (Å²) in [5.41, 5.74) is 3.77. The lowest BCUT2D eigenvalue weighted by molar-refractivity contribution is 1.52. The third kappa shape index (κ3) is 4.71. The van der Waals surface area contributed by atoms with E-state index in [0.29, 0.717) is 0 Å². The summed E-state index contributed by atoms with van der Waals surface area (Å²) in [5, 5.41) is 1.51. The van der Waals surface area contributed by atoms with E-state index in [0.717, 1.165) is 6.04 Å². The minimum atomic E-state index is -1.43. The smallest absolute Gasteiger partial charge is 0.0843 e. The van der Waals surface area contributed by atoms with Crippen LogP contribution in [0.15, 0.2) is 109 Å². The van der Waals surface area contributed by atoms with Gasteiger partial charge in [0.2, 0.25) is 0 Å². The van der Waals surface area contributed by atoms with Crippen LogP contribution < -0.4 is 5.19 Å². The van der Waals surface area contributed by atoms with Gasteiger partial charge in [0, 0.05) is 0 Å². The van der Waals surface area contributed by atoms with Gasteiger partial charge in [0.25, 0.3) is 0 Å². The predicted octanol–water partition coefficient (Wildman–Crippen LogP) is 6.29. The van der Waals surface area contributed by atoms with Crippen molar-refractivity contribution in [3.05, 3.63) is 120 Å². The minimum absolute atomic E-state index is 1.14. The molecule has 0 aliphatic carbocycles. The van der Waals surface area contributed by atoms with Crippen molar-refractivity contribution in [2.24, 2.45) is 0 Å². The predicted molar refractivity (Wildman–Crippen MR) is 117 cm³/mol. The average Bonchev–Trinajstić information content (AvgIpc) is 2.70. The van der Waals surface area contributed by atoms with Gasteiger partial charge in [-0.25, -0.2) is 0 Å². The molecule has 1 heteroatoms. The summed E-state index contributed by atoms with van der Waals surface area (Å²) in [4.78, 5) is 0. The molecule has 0 atom stereocenters. The number of benzene rings is 3. The fraction of sp³-hybridized carbons (Fsp3) is 0.120. The summed E-state index contributed by atoms with van der Waals surface area (Å²) in [6.07, 6.45) is 6.82. The van der Waals surface area contributed by atoms with Crippen LogP contribution in [0, 0.1) is 0 Å². The van der Waals surface area contributed by atoms with E-state index in [9.17, 15) is 0 Å². The molecule has 0 saturated carbocycles. The molecule has 0 nitrogen and oxygen atoms in total. The van der Waals surface area contributed by atoms with E-state index in [-0.39, 0.29) is 0 Å². The molecular weight excluding hydrogens is 328 g/mol. The summed E-state index contributed by atoms with van der Waals surface area (Å²) in [7, 11) is -1.43. The molecule has 130 valence electrons. The lowest BCUT2D eigenvalue weighted by Gasteiger charge is -2.20. The molecule has 0 unspecified atom stereocenters. The molecular formula is C25H26Si. The third-order valence-electron chi connectivity index (χ3n) is 4.75. The first kappa shape index (κ1) is 18.2. The standard InChI is InChI=1S/C25H26Si/c1-26(2,24-18-10-5-11-19-24)21-13-12-20-25(22-14-6-3-7-15-22)23-16-8-4-9-17-23/h3-20H,21H2,1-2H3/b13-12+. The lowest BCUT2D eigenvalue weighted by atomic mass is 9.97. The van der Waals surface area contributed by atoms with Gasteiger partial charge < -0.3 is 0 Å². The topological polar surface area (TPSA) is 0 Å². The van der Waals surface area contributed by atoms with E-state index in [1.54, 1.807) is 0 Å². The van der Waals surface area contributed by atoms with Crippen molar-refractivity contribution in [3.8, 4) is 0 Å². The normalized spacial score (nSPS) is 11.5. The molecule has 26 heavy (non-hydrogen) atoms. The summed E-state index contributed by atoms with van der Waals surface area (Å²) >= 11 is 0. The maximum Gasteiger partial charge on any atom is 0.0843 e. The Morgan fingerprint density at radius 2 is 1.15 bits per heavy atom. The Morgan fingerprint density at radius 1 is 0.692 bits per heavy atom. The largest absolute Gasteiger partial charge is 0.0869 e. The van der Waals surface area contributed by atoms with E-state index < -0.39 is 8.07 Å². The summed E-state index contributed by atoms with van der Waals surface area (Å²) in [5.74, 6) is 0. The van der Waals surface area contributed by atoms with Gasteiger partial charge in [0.05, 0.1) is 8.07 Å². The molecule has 0 radical (unpaired) electrons. The van der Waals surface area contributed by atoms with Crippen molar-refractivity contribution in [2.45, 2.75) is 19.1 Å². The Hall–Kier alpha value is -2.64. The van der Waals surface area contributed by atoms with E-state index in [2.05, 4.69) is 122 Å². The first-order chi connectivity index (χ1) is 12.7. The fourth-order valence-electron chi connectivity index (χ4n) is 3.13. The summed E-state index contributed by atoms with van der Waals surface area (Å²) in [6, 6.07) is 33.3. The van der Waals surface area contributed by atoms with Crippen LogP contribution in [0.2, 0.25) is 19.1 Å². The number of allylic oxidation sites excluding steroid dienone is 3. The van der Waals surface area contributed by atoms with E-state index >= 15 is 0 Å². The van der Waals surface area contributed by atoms with Crippen molar-refractivity contribution in [1.29, 1.82) is 0 Å². The number of rotatable bonds is 6. The molecule has 3 aromatic rings. The average molecular weight is 355 g/mol. The quantitative estimate of drug-likeness (QED) is 0.360. The highest BCUT2D eigenvalue weighted by molar-refractivity contribution is 6.90. The van der Waals surface area contributed by atoms with Crippen LogP contribution in [0.25, 0.3) is 5.57 Å². The van der Waals surface area contributed by atoms with Gasteiger partial charge in [0.15, 0.2) is 0 Å². The minimum Gasteiger partial charge on any atom is -0.0869 e. The maximum absolute atomic E-state index is 2.44. The van der Waals surface area contributed by atoms with Crippen LogP contribution in [0.1, 0.15) is 11.1 Å². The zero-order valence-corrected chi connectivity index (χ0v) is 16.6. The number of hydrogen-bond acceptors (Lipinski definition) is 0. The summed E-state index contributed by atoms with van der Waals surface area (Å²) < 4.78 is 0. The van der Waals surface area contributed by atoms with Crippen LogP contribution in [-0.4, -0.2) is 8.07 Å². The molecule has 0 N–H and O–H groups in total. The molecule has 0 aliphatic rings. The number of hydrogen-bond donors (Lipinski definition) is 0. The Kier molecular flexibility index (Phi) is 6.03. The van der Waals surface area contributed by atoms with Crippen molar-refractivity contribution >= 4 is 18.8 Å². The van der Waals surface area contributed by atoms with Crippen molar-refractivity contribution in [1.82, 2.24) is 0 Å². The van der Waals surface area contributed by atoms with Gasteiger partial charge in [-0.1, -0.05) is 128 Å². The second-order valence-electron chi connectivity index (χ2n) is 7.19. The molecule has 0 heterocycles. The molecule has 0 aromatic heterocycles. The molecule has 3 rings (SSSR count). The lowest BCUT2D eigenvalue weighted by Crippen LogP contribution is -2.40. The van der Waals surface area contributed by atoms with Gasteiger partial charge in [-0.15, -0.1) is 0 Å². The van der Waals surface area contributed by atoms with Crippen LogP contribution >= 0.6 is 0 Å². The molecule has 3 aromatic carbocycles. The van der Waals surface area contributed by atoms with Crippen LogP contribution in [0.4, 0.5) is 0 Å². The van der Waals surface area contributed by atoms with E-state index in [1.807, 2.05) is 0 Å². The van der Waals surface area contributed by atoms with Crippen LogP contribution in [0.3, 0.4) is 0 Å². The SMILES string of the molecule is C[Si](C)(C/C=C/C=C(c1ccccc1)c1ccccc1)c1ccccc1. The van der Waals surface area contributed by atoms with Gasteiger partial charge >= 0.3 is 0 Å². The third-order valence-corrected chi connectivity index (χ3v) is 7.90. The second-order valence-corrected chi connectivity index (χ2v) is 11.9.